The molecule has 4 nitrogen and oxygen atoms in total. The fraction of sp³-hybridized carbons (Fsp3) is 0.417. The monoisotopic (exact) mass is 223 g/mol. The summed E-state index contributed by atoms with van der Waals surface area (Å²) in [6.45, 7) is 3.55. The van der Waals surface area contributed by atoms with Crippen LogP contribution in [0.1, 0.15) is 11.1 Å². The largest absolute Gasteiger partial charge is 0.372 e. The number of hydrogen-bond donors (Lipinski definition) is 1. The van der Waals surface area contributed by atoms with E-state index in [4.69, 9.17) is 14.3 Å². The third-order valence-corrected chi connectivity index (χ3v) is 2.21. The van der Waals surface area contributed by atoms with Crippen LogP contribution in [-0.2, 0) is 20.7 Å². The van der Waals surface area contributed by atoms with Crippen LogP contribution >= 0.6 is 0 Å². The third kappa shape index (κ3) is 4.42. The van der Waals surface area contributed by atoms with E-state index in [9.17, 15) is 0 Å². The van der Waals surface area contributed by atoms with Crippen molar-refractivity contribution in [2.45, 2.75) is 19.6 Å². The van der Waals surface area contributed by atoms with Crippen molar-refractivity contribution in [2.75, 3.05) is 13.2 Å². The molecule has 1 fully saturated rings. The first-order chi connectivity index (χ1) is 7.76. The predicted molar refractivity (Wildman–Crippen MR) is 60.8 cm³/mol. The normalized spacial score (nSPS) is 15.3. The average Bonchev–Trinajstić information content (AvgIpc) is 2.75. The number of amides is 1. The van der Waals surface area contributed by atoms with Crippen molar-refractivity contribution < 1.29 is 14.3 Å². The van der Waals surface area contributed by atoms with Crippen molar-refractivity contribution in [1.82, 2.24) is 0 Å². The standard InChI is InChI=1S/C11H14O2.CH3NO/c1-9-2-4-10(5-3-9)8-11-12-6-7-13-11;2-1-3/h2-5,11H,6-8H2,1H3;1H,(H2,2,3). The molecule has 1 aromatic carbocycles. The molecule has 2 rings (SSSR count). The van der Waals surface area contributed by atoms with Crippen molar-refractivity contribution in [1.29, 1.82) is 0 Å². The minimum atomic E-state index is -0.0253. The summed E-state index contributed by atoms with van der Waals surface area (Å²) in [5.74, 6) is 0. The second kappa shape index (κ2) is 6.98. The van der Waals surface area contributed by atoms with E-state index < -0.39 is 0 Å². The highest BCUT2D eigenvalue weighted by Gasteiger charge is 2.15. The van der Waals surface area contributed by atoms with Crippen molar-refractivity contribution in [3.05, 3.63) is 35.4 Å². The van der Waals surface area contributed by atoms with Gasteiger partial charge >= 0.3 is 0 Å². The lowest BCUT2D eigenvalue weighted by Crippen LogP contribution is -2.10. The van der Waals surface area contributed by atoms with Crippen LogP contribution in [-0.4, -0.2) is 25.9 Å². The first kappa shape index (κ1) is 12.7. The van der Waals surface area contributed by atoms with Gasteiger partial charge in [-0.3, -0.25) is 4.79 Å². The lowest BCUT2D eigenvalue weighted by Gasteiger charge is -2.08. The second-order valence-corrected chi connectivity index (χ2v) is 3.50. The Hall–Kier alpha value is -1.39. The molecular formula is C12H17NO3. The van der Waals surface area contributed by atoms with E-state index in [1.54, 1.807) is 0 Å². The molecule has 1 aliphatic rings. The molecule has 0 saturated carbocycles. The Morgan fingerprint density at radius 2 is 1.81 bits per heavy atom. The number of primary amides is 1. The van der Waals surface area contributed by atoms with Crippen LogP contribution in [0.4, 0.5) is 0 Å². The van der Waals surface area contributed by atoms with Gasteiger partial charge in [-0.2, -0.15) is 0 Å². The molecule has 0 aliphatic carbocycles. The van der Waals surface area contributed by atoms with Gasteiger partial charge in [-0.25, -0.2) is 0 Å². The maximum Gasteiger partial charge on any atom is 0.204 e. The predicted octanol–water partition coefficient (Wildman–Crippen LogP) is 1.01. The number of carbonyl (C=O) groups is 1. The Bertz CT molecular complexity index is 305. The Kier molecular flexibility index (Phi) is 5.53. The zero-order valence-electron chi connectivity index (χ0n) is 9.39. The molecule has 1 aromatic rings. The summed E-state index contributed by atoms with van der Waals surface area (Å²) >= 11 is 0. The molecule has 2 N–H and O–H groups in total. The first-order valence-electron chi connectivity index (χ1n) is 5.20. The molecule has 16 heavy (non-hydrogen) atoms. The molecule has 0 unspecified atom stereocenters. The summed E-state index contributed by atoms with van der Waals surface area (Å²) in [4.78, 5) is 8.58. The van der Waals surface area contributed by atoms with Crippen LogP contribution in [0.5, 0.6) is 0 Å². The summed E-state index contributed by atoms with van der Waals surface area (Å²) in [7, 11) is 0. The molecular weight excluding hydrogens is 206 g/mol. The summed E-state index contributed by atoms with van der Waals surface area (Å²) in [6.07, 6.45) is 1.09. The number of nitrogens with two attached hydrogens (primary N) is 1. The van der Waals surface area contributed by atoms with Crippen molar-refractivity contribution in [2.24, 2.45) is 5.73 Å². The summed E-state index contributed by atoms with van der Waals surface area (Å²) in [5.41, 5.74) is 6.73. The van der Waals surface area contributed by atoms with Crippen LogP contribution in [0.15, 0.2) is 24.3 Å². The minimum absolute atomic E-state index is 0.0253. The smallest absolute Gasteiger partial charge is 0.204 e. The second-order valence-electron chi connectivity index (χ2n) is 3.50. The molecule has 1 heterocycles. The van der Waals surface area contributed by atoms with Gasteiger partial charge in [0, 0.05) is 6.42 Å². The van der Waals surface area contributed by atoms with Gasteiger partial charge in [0.2, 0.25) is 6.41 Å². The Balaban J connectivity index is 0.000000386. The Morgan fingerprint density at radius 3 is 2.31 bits per heavy atom. The number of aryl methyl sites for hydroxylation is 1. The molecule has 1 saturated heterocycles. The molecule has 4 heteroatoms. The maximum atomic E-state index is 8.58. The van der Waals surface area contributed by atoms with E-state index in [2.05, 4.69) is 36.9 Å². The van der Waals surface area contributed by atoms with Gasteiger partial charge in [0.05, 0.1) is 13.2 Å². The fourth-order valence-corrected chi connectivity index (χ4v) is 1.44. The quantitative estimate of drug-likeness (QED) is 0.761. The number of benzene rings is 1. The molecule has 0 radical (unpaired) electrons. The van der Waals surface area contributed by atoms with Gasteiger partial charge in [0.15, 0.2) is 6.29 Å². The van der Waals surface area contributed by atoms with E-state index in [-0.39, 0.29) is 12.7 Å². The maximum absolute atomic E-state index is 8.58. The van der Waals surface area contributed by atoms with Crippen LogP contribution < -0.4 is 5.73 Å². The van der Waals surface area contributed by atoms with Gasteiger partial charge < -0.3 is 15.2 Å². The van der Waals surface area contributed by atoms with E-state index in [0.717, 1.165) is 19.6 Å². The van der Waals surface area contributed by atoms with Crippen molar-refractivity contribution in [3.8, 4) is 0 Å². The van der Waals surface area contributed by atoms with Crippen molar-refractivity contribution >= 4 is 6.41 Å². The molecule has 0 spiro atoms. The van der Waals surface area contributed by atoms with Gasteiger partial charge in [-0.05, 0) is 12.5 Å². The van der Waals surface area contributed by atoms with Gasteiger partial charge in [0.1, 0.15) is 0 Å². The molecule has 0 bridgehead atoms. The molecule has 1 amide bonds. The van der Waals surface area contributed by atoms with Gasteiger partial charge in [0.25, 0.3) is 0 Å². The molecule has 0 atom stereocenters. The van der Waals surface area contributed by atoms with E-state index >= 15 is 0 Å². The SMILES string of the molecule is Cc1ccc(CC2OCCO2)cc1.NC=O. The van der Waals surface area contributed by atoms with E-state index in [0.29, 0.717) is 0 Å². The summed E-state index contributed by atoms with van der Waals surface area (Å²) in [6, 6.07) is 8.48. The van der Waals surface area contributed by atoms with Crippen LogP contribution in [0, 0.1) is 6.92 Å². The van der Waals surface area contributed by atoms with Gasteiger partial charge in [-0.1, -0.05) is 29.8 Å². The fourth-order valence-electron chi connectivity index (χ4n) is 1.44. The molecule has 1 aliphatic heterocycles. The topological polar surface area (TPSA) is 61.6 Å². The zero-order chi connectivity index (χ0) is 11.8. The number of hydrogen-bond acceptors (Lipinski definition) is 3. The lowest BCUT2D eigenvalue weighted by molar-refractivity contribution is -0.106. The number of rotatable bonds is 2. The molecule has 0 aromatic heterocycles. The highest BCUT2D eigenvalue weighted by atomic mass is 16.7. The average molecular weight is 223 g/mol. The van der Waals surface area contributed by atoms with E-state index in [1.165, 1.54) is 11.1 Å². The highest BCUT2D eigenvalue weighted by Crippen LogP contribution is 2.12. The molecule has 88 valence electrons. The number of carbonyl (C=O) groups excluding carboxylic acids is 1. The summed E-state index contributed by atoms with van der Waals surface area (Å²) in [5, 5.41) is 0. The van der Waals surface area contributed by atoms with Gasteiger partial charge in [-0.15, -0.1) is 0 Å². The minimum Gasteiger partial charge on any atom is -0.372 e. The first-order valence-corrected chi connectivity index (χ1v) is 5.20. The van der Waals surface area contributed by atoms with E-state index in [1.807, 2.05) is 0 Å². The van der Waals surface area contributed by atoms with Crippen LogP contribution in [0.3, 0.4) is 0 Å². The van der Waals surface area contributed by atoms with Crippen LogP contribution in [0.2, 0.25) is 0 Å². The Morgan fingerprint density at radius 1 is 1.31 bits per heavy atom. The Labute approximate surface area is 95.3 Å². The summed E-state index contributed by atoms with van der Waals surface area (Å²) < 4.78 is 10.7. The third-order valence-electron chi connectivity index (χ3n) is 2.21. The number of ether oxygens (including phenoxy) is 2. The lowest BCUT2D eigenvalue weighted by atomic mass is 10.1. The van der Waals surface area contributed by atoms with Crippen LogP contribution in [0.25, 0.3) is 0 Å². The van der Waals surface area contributed by atoms with Crippen molar-refractivity contribution in [3.63, 3.8) is 0 Å². The highest BCUT2D eigenvalue weighted by molar-refractivity contribution is 5.42. The zero-order valence-corrected chi connectivity index (χ0v) is 9.39.